The van der Waals surface area contributed by atoms with Crippen molar-refractivity contribution in [1.29, 1.82) is 0 Å². The van der Waals surface area contributed by atoms with Crippen LogP contribution in [0.1, 0.15) is 0 Å². The molecule has 3 aromatic carbocycles. The second kappa shape index (κ2) is 4.92. The standard InChI is InChI=1S/C17H15P/c1-18-15-11-9-14(10-12-15)17-8-4-6-13-5-2-3-7-16(13)17/h2-12,18H,1H3. The van der Waals surface area contributed by atoms with E-state index in [9.17, 15) is 0 Å². The maximum absolute atomic E-state index is 2.23. The van der Waals surface area contributed by atoms with Crippen LogP contribution in [0.4, 0.5) is 0 Å². The lowest BCUT2D eigenvalue weighted by Crippen LogP contribution is -1.91. The third kappa shape index (κ3) is 2.05. The van der Waals surface area contributed by atoms with Crippen LogP contribution in [0.15, 0.2) is 66.7 Å². The average Bonchev–Trinajstić information content (AvgIpc) is 2.47. The van der Waals surface area contributed by atoms with Crippen molar-refractivity contribution in [2.75, 3.05) is 6.66 Å². The van der Waals surface area contributed by atoms with E-state index in [0.29, 0.717) is 0 Å². The molecule has 0 nitrogen and oxygen atoms in total. The number of rotatable bonds is 2. The second-order valence-corrected chi connectivity index (χ2v) is 5.43. The smallest absolute Gasteiger partial charge is 0.0105 e. The SMILES string of the molecule is CPc1ccc(-c2cccc3ccccc23)cc1. The van der Waals surface area contributed by atoms with E-state index in [2.05, 4.69) is 73.4 Å². The topological polar surface area (TPSA) is 0 Å². The molecule has 1 heteroatoms. The fourth-order valence-corrected chi connectivity index (χ4v) is 2.79. The van der Waals surface area contributed by atoms with Crippen molar-refractivity contribution < 1.29 is 0 Å². The molecule has 0 heterocycles. The summed E-state index contributed by atoms with van der Waals surface area (Å²) in [7, 11) is 0.865. The first-order valence-electron chi connectivity index (χ1n) is 6.14. The highest BCUT2D eigenvalue weighted by molar-refractivity contribution is 7.46. The lowest BCUT2D eigenvalue weighted by molar-refractivity contribution is 1.67. The van der Waals surface area contributed by atoms with Crippen LogP contribution in [0.5, 0.6) is 0 Å². The van der Waals surface area contributed by atoms with Crippen LogP contribution < -0.4 is 5.30 Å². The molecule has 18 heavy (non-hydrogen) atoms. The van der Waals surface area contributed by atoms with Crippen molar-refractivity contribution in [2.45, 2.75) is 0 Å². The maximum atomic E-state index is 2.23. The van der Waals surface area contributed by atoms with Crippen molar-refractivity contribution in [1.82, 2.24) is 0 Å². The van der Waals surface area contributed by atoms with Crippen molar-refractivity contribution in [3.63, 3.8) is 0 Å². The van der Waals surface area contributed by atoms with Gasteiger partial charge in [-0.2, -0.15) is 0 Å². The zero-order chi connectivity index (χ0) is 12.4. The van der Waals surface area contributed by atoms with E-state index in [1.807, 2.05) is 0 Å². The number of hydrogen-bond donors (Lipinski definition) is 0. The fourth-order valence-electron chi connectivity index (χ4n) is 2.29. The van der Waals surface area contributed by atoms with Crippen LogP contribution in [-0.4, -0.2) is 6.66 Å². The predicted molar refractivity (Wildman–Crippen MR) is 83.3 cm³/mol. The summed E-state index contributed by atoms with van der Waals surface area (Å²) in [5.41, 5.74) is 2.62. The molecule has 0 aliphatic heterocycles. The Hall–Kier alpha value is -1.65. The van der Waals surface area contributed by atoms with Crippen LogP contribution in [-0.2, 0) is 0 Å². The molecule has 0 bridgehead atoms. The zero-order valence-corrected chi connectivity index (χ0v) is 11.4. The van der Waals surface area contributed by atoms with Gasteiger partial charge in [-0.1, -0.05) is 75.3 Å². The van der Waals surface area contributed by atoms with E-state index >= 15 is 0 Å². The van der Waals surface area contributed by atoms with Crippen LogP contribution >= 0.6 is 8.58 Å². The van der Waals surface area contributed by atoms with E-state index in [0.717, 1.165) is 8.58 Å². The predicted octanol–water partition coefficient (Wildman–Crippen LogP) is 4.44. The molecule has 0 fully saturated rings. The molecule has 0 aromatic heterocycles. The molecular formula is C17H15P. The van der Waals surface area contributed by atoms with Gasteiger partial charge in [0.2, 0.25) is 0 Å². The van der Waals surface area contributed by atoms with Gasteiger partial charge in [0.05, 0.1) is 0 Å². The van der Waals surface area contributed by atoms with E-state index in [-0.39, 0.29) is 0 Å². The summed E-state index contributed by atoms with van der Waals surface area (Å²) in [6.45, 7) is 2.22. The molecule has 0 spiro atoms. The van der Waals surface area contributed by atoms with Crippen molar-refractivity contribution in [3.05, 3.63) is 66.7 Å². The highest BCUT2D eigenvalue weighted by Gasteiger charge is 2.02. The maximum Gasteiger partial charge on any atom is -0.0105 e. The fraction of sp³-hybridized carbons (Fsp3) is 0.0588. The molecule has 1 unspecified atom stereocenters. The molecule has 1 atom stereocenters. The van der Waals surface area contributed by atoms with Gasteiger partial charge in [0.25, 0.3) is 0 Å². The van der Waals surface area contributed by atoms with Crippen LogP contribution in [0.2, 0.25) is 0 Å². The molecule has 88 valence electrons. The minimum Gasteiger partial charge on any atom is -0.0936 e. The first kappa shape index (κ1) is 11.4. The third-order valence-corrected chi connectivity index (χ3v) is 4.18. The molecule has 0 N–H and O–H groups in total. The molecular weight excluding hydrogens is 235 g/mol. The van der Waals surface area contributed by atoms with Gasteiger partial charge >= 0.3 is 0 Å². The average molecular weight is 250 g/mol. The molecule has 3 rings (SSSR count). The van der Waals surface area contributed by atoms with Gasteiger partial charge in [-0.15, -0.1) is 0 Å². The highest BCUT2D eigenvalue weighted by Crippen LogP contribution is 2.28. The van der Waals surface area contributed by atoms with Crippen LogP contribution in [0.25, 0.3) is 21.9 Å². The minimum absolute atomic E-state index is 0.865. The van der Waals surface area contributed by atoms with Crippen LogP contribution in [0, 0.1) is 0 Å². The Bertz CT molecular complexity index is 663. The first-order valence-corrected chi connectivity index (χ1v) is 7.64. The van der Waals surface area contributed by atoms with Gasteiger partial charge < -0.3 is 0 Å². The number of hydrogen-bond acceptors (Lipinski definition) is 0. The van der Waals surface area contributed by atoms with Crippen molar-refractivity contribution in [2.24, 2.45) is 0 Å². The number of benzene rings is 3. The summed E-state index contributed by atoms with van der Waals surface area (Å²) in [6, 6.07) is 24.0. The third-order valence-electron chi connectivity index (χ3n) is 3.27. The van der Waals surface area contributed by atoms with Crippen molar-refractivity contribution in [3.8, 4) is 11.1 Å². The molecule has 0 saturated carbocycles. The first-order chi connectivity index (χ1) is 8.88. The van der Waals surface area contributed by atoms with Gasteiger partial charge in [-0.3, -0.25) is 0 Å². The zero-order valence-electron chi connectivity index (χ0n) is 10.4. The molecule has 0 aliphatic rings. The Morgan fingerprint density at radius 3 is 2.22 bits per heavy atom. The normalized spacial score (nSPS) is 11.4. The molecule has 0 aliphatic carbocycles. The Labute approximate surface area is 109 Å². The summed E-state index contributed by atoms with van der Waals surface area (Å²) in [4.78, 5) is 0. The van der Waals surface area contributed by atoms with E-state index in [4.69, 9.17) is 0 Å². The Balaban J connectivity index is 2.18. The second-order valence-electron chi connectivity index (χ2n) is 4.35. The summed E-state index contributed by atoms with van der Waals surface area (Å²) < 4.78 is 0. The van der Waals surface area contributed by atoms with E-state index in [1.54, 1.807) is 0 Å². The van der Waals surface area contributed by atoms with Gasteiger partial charge in [-0.25, -0.2) is 0 Å². The Morgan fingerprint density at radius 2 is 1.44 bits per heavy atom. The van der Waals surface area contributed by atoms with Gasteiger partial charge in [0.1, 0.15) is 0 Å². The van der Waals surface area contributed by atoms with E-state index < -0.39 is 0 Å². The van der Waals surface area contributed by atoms with Gasteiger partial charge in [0.15, 0.2) is 0 Å². The Morgan fingerprint density at radius 1 is 0.722 bits per heavy atom. The van der Waals surface area contributed by atoms with Crippen LogP contribution in [0.3, 0.4) is 0 Å². The lowest BCUT2D eigenvalue weighted by atomic mass is 9.98. The van der Waals surface area contributed by atoms with E-state index in [1.165, 1.54) is 27.2 Å². The number of fused-ring (bicyclic) bond motifs is 1. The van der Waals surface area contributed by atoms with Gasteiger partial charge in [0, 0.05) is 0 Å². The molecule has 0 saturated heterocycles. The van der Waals surface area contributed by atoms with Gasteiger partial charge in [-0.05, 0) is 33.9 Å². The minimum atomic E-state index is 0.865. The van der Waals surface area contributed by atoms with Crippen molar-refractivity contribution >= 4 is 24.7 Å². The lowest BCUT2D eigenvalue weighted by Gasteiger charge is -2.07. The largest absolute Gasteiger partial charge is 0.0936 e. The quantitative estimate of drug-likeness (QED) is 0.590. The summed E-state index contributed by atoms with van der Waals surface area (Å²) in [5.74, 6) is 0. The summed E-state index contributed by atoms with van der Waals surface area (Å²) >= 11 is 0. The molecule has 0 radical (unpaired) electrons. The summed E-state index contributed by atoms with van der Waals surface area (Å²) in [5, 5.41) is 4.04. The molecule has 0 amide bonds. The monoisotopic (exact) mass is 250 g/mol. The molecule has 3 aromatic rings. The Kier molecular flexibility index (Phi) is 3.13. The highest BCUT2D eigenvalue weighted by atomic mass is 31.1. The summed E-state index contributed by atoms with van der Waals surface area (Å²) in [6.07, 6.45) is 0.